The molecule has 0 spiro atoms. The van der Waals surface area contributed by atoms with Crippen molar-refractivity contribution < 1.29 is 10.5 Å². The SMILES string of the molecule is NC(=[NH2+])C(O)c1ccccc1Br. The Balaban J connectivity index is 3.02. The molecule has 0 aliphatic carbocycles. The summed E-state index contributed by atoms with van der Waals surface area (Å²) in [5, 5.41) is 14.7. The van der Waals surface area contributed by atoms with E-state index in [1.807, 2.05) is 18.2 Å². The topological polar surface area (TPSA) is 71.8 Å². The maximum absolute atomic E-state index is 9.46. The van der Waals surface area contributed by atoms with Gasteiger partial charge in [-0.25, -0.2) is 0 Å². The van der Waals surface area contributed by atoms with E-state index < -0.39 is 6.10 Å². The second kappa shape index (κ2) is 3.69. The zero-order valence-electron chi connectivity index (χ0n) is 6.37. The Bertz CT molecular complexity index is 301. The molecule has 1 unspecified atom stereocenters. The van der Waals surface area contributed by atoms with Crippen molar-refractivity contribution in [2.45, 2.75) is 6.10 Å². The largest absolute Gasteiger partial charge is 0.376 e. The molecular weight excluding hydrogens is 220 g/mol. The maximum atomic E-state index is 9.46. The number of rotatable bonds is 2. The summed E-state index contributed by atoms with van der Waals surface area (Å²) in [4.78, 5) is 0. The Morgan fingerprint density at radius 3 is 2.58 bits per heavy atom. The molecule has 12 heavy (non-hydrogen) atoms. The highest BCUT2D eigenvalue weighted by Crippen LogP contribution is 2.21. The van der Waals surface area contributed by atoms with Crippen molar-refractivity contribution in [3.63, 3.8) is 0 Å². The standard InChI is InChI=1S/C8H9BrN2O/c9-6-4-2-1-3-5(6)7(12)8(10)11/h1-4,7,12H,(H3,10,11)/p+1. The van der Waals surface area contributed by atoms with Gasteiger partial charge in [0, 0.05) is 10.0 Å². The number of benzene rings is 1. The molecule has 64 valence electrons. The van der Waals surface area contributed by atoms with E-state index in [0.29, 0.717) is 5.56 Å². The molecule has 0 aliphatic heterocycles. The number of amidine groups is 1. The van der Waals surface area contributed by atoms with E-state index in [1.165, 1.54) is 0 Å². The van der Waals surface area contributed by atoms with E-state index >= 15 is 0 Å². The molecule has 0 bridgehead atoms. The first-order valence-corrected chi connectivity index (χ1v) is 4.22. The van der Waals surface area contributed by atoms with E-state index in [1.54, 1.807) is 6.07 Å². The van der Waals surface area contributed by atoms with Crippen molar-refractivity contribution in [2.24, 2.45) is 5.73 Å². The highest BCUT2D eigenvalue weighted by molar-refractivity contribution is 9.10. The number of hydrogen-bond donors (Lipinski definition) is 3. The second-order valence-electron chi connectivity index (χ2n) is 2.42. The third-order valence-electron chi connectivity index (χ3n) is 1.52. The van der Waals surface area contributed by atoms with Gasteiger partial charge in [0.1, 0.15) is 0 Å². The fourth-order valence-corrected chi connectivity index (χ4v) is 1.38. The van der Waals surface area contributed by atoms with Gasteiger partial charge < -0.3 is 5.11 Å². The molecule has 0 radical (unpaired) electrons. The van der Waals surface area contributed by atoms with Crippen LogP contribution in [-0.4, -0.2) is 10.9 Å². The molecule has 0 amide bonds. The van der Waals surface area contributed by atoms with Crippen LogP contribution in [0.5, 0.6) is 0 Å². The molecule has 0 heterocycles. The summed E-state index contributed by atoms with van der Waals surface area (Å²) in [5.41, 5.74) is 5.94. The van der Waals surface area contributed by atoms with Crippen LogP contribution in [0.3, 0.4) is 0 Å². The summed E-state index contributed by atoms with van der Waals surface area (Å²) in [5.74, 6) is 0.00176. The lowest BCUT2D eigenvalue weighted by atomic mass is 10.1. The number of halogens is 1. The summed E-state index contributed by atoms with van der Waals surface area (Å²) < 4.78 is 0.797. The van der Waals surface area contributed by atoms with Gasteiger partial charge in [0.15, 0.2) is 6.10 Å². The van der Waals surface area contributed by atoms with Crippen LogP contribution in [0, 0.1) is 0 Å². The molecular formula is C8H10BrN2O+. The second-order valence-corrected chi connectivity index (χ2v) is 3.28. The zero-order valence-corrected chi connectivity index (χ0v) is 7.95. The van der Waals surface area contributed by atoms with Gasteiger partial charge >= 0.3 is 0 Å². The lowest BCUT2D eigenvalue weighted by Crippen LogP contribution is -2.49. The van der Waals surface area contributed by atoms with Crippen molar-refractivity contribution in [1.29, 1.82) is 0 Å². The molecule has 0 saturated heterocycles. The first kappa shape index (κ1) is 9.22. The summed E-state index contributed by atoms with van der Waals surface area (Å²) >= 11 is 3.28. The van der Waals surface area contributed by atoms with Gasteiger partial charge in [-0.15, -0.1) is 0 Å². The molecule has 4 heteroatoms. The van der Waals surface area contributed by atoms with Crippen LogP contribution in [0.2, 0.25) is 0 Å². The van der Waals surface area contributed by atoms with Crippen molar-refractivity contribution in [1.82, 2.24) is 0 Å². The minimum atomic E-state index is -0.902. The van der Waals surface area contributed by atoms with Crippen LogP contribution in [0.4, 0.5) is 0 Å². The molecule has 0 saturated carbocycles. The average Bonchev–Trinajstić information content (AvgIpc) is 2.04. The van der Waals surface area contributed by atoms with Crippen molar-refractivity contribution in [2.75, 3.05) is 0 Å². The molecule has 0 aliphatic rings. The predicted molar refractivity (Wildman–Crippen MR) is 50.2 cm³/mol. The fraction of sp³-hybridized carbons (Fsp3) is 0.125. The van der Waals surface area contributed by atoms with Crippen LogP contribution >= 0.6 is 15.9 Å². The third-order valence-corrected chi connectivity index (χ3v) is 2.24. The molecule has 1 aromatic carbocycles. The summed E-state index contributed by atoms with van der Waals surface area (Å²) in [7, 11) is 0. The quantitative estimate of drug-likeness (QED) is 0.477. The van der Waals surface area contributed by atoms with Gasteiger partial charge in [-0.05, 0) is 6.07 Å². The Morgan fingerprint density at radius 1 is 1.50 bits per heavy atom. The number of aliphatic hydroxyl groups is 1. The Morgan fingerprint density at radius 2 is 2.08 bits per heavy atom. The van der Waals surface area contributed by atoms with Crippen LogP contribution in [0.1, 0.15) is 11.7 Å². The van der Waals surface area contributed by atoms with E-state index in [2.05, 4.69) is 15.9 Å². The van der Waals surface area contributed by atoms with Crippen LogP contribution in [-0.2, 0) is 0 Å². The van der Waals surface area contributed by atoms with Crippen molar-refractivity contribution >= 4 is 21.8 Å². The van der Waals surface area contributed by atoms with Gasteiger partial charge in [-0.1, -0.05) is 34.1 Å². The minimum absolute atomic E-state index is 0.00176. The Kier molecular flexibility index (Phi) is 2.83. The van der Waals surface area contributed by atoms with Crippen LogP contribution in [0.15, 0.2) is 28.7 Å². The highest BCUT2D eigenvalue weighted by atomic mass is 79.9. The average molecular weight is 230 g/mol. The van der Waals surface area contributed by atoms with Gasteiger partial charge in [0.25, 0.3) is 5.84 Å². The summed E-state index contributed by atoms with van der Waals surface area (Å²) in [6, 6.07) is 7.25. The molecule has 1 rings (SSSR count). The van der Waals surface area contributed by atoms with Crippen molar-refractivity contribution in [3.05, 3.63) is 34.3 Å². The van der Waals surface area contributed by atoms with Crippen molar-refractivity contribution in [3.8, 4) is 0 Å². The number of hydrogen-bond acceptors (Lipinski definition) is 1. The van der Waals surface area contributed by atoms with Crippen LogP contribution < -0.4 is 11.1 Å². The van der Waals surface area contributed by atoms with E-state index in [4.69, 9.17) is 11.1 Å². The van der Waals surface area contributed by atoms with Gasteiger partial charge in [-0.3, -0.25) is 11.1 Å². The Hall–Kier alpha value is -0.870. The lowest BCUT2D eigenvalue weighted by molar-refractivity contribution is -0.126. The highest BCUT2D eigenvalue weighted by Gasteiger charge is 2.16. The first-order valence-electron chi connectivity index (χ1n) is 3.43. The number of nitrogens with two attached hydrogens (primary N) is 2. The van der Waals surface area contributed by atoms with Gasteiger partial charge in [0.05, 0.1) is 0 Å². The maximum Gasteiger partial charge on any atom is 0.272 e. The molecule has 0 aromatic heterocycles. The van der Waals surface area contributed by atoms with Gasteiger partial charge in [-0.2, -0.15) is 0 Å². The monoisotopic (exact) mass is 229 g/mol. The summed E-state index contributed by atoms with van der Waals surface area (Å²) in [6.07, 6.45) is -0.902. The fourth-order valence-electron chi connectivity index (χ4n) is 0.876. The molecule has 1 atom stereocenters. The first-order chi connectivity index (χ1) is 5.63. The van der Waals surface area contributed by atoms with Gasteiger partial charge in [0.2, 0.25) is 0 Å². The van der Waals surface area contributed by atoms with Crippen LogP contribution in [0.25, 0.3) is 0 Å². The minimum Gasteiger partial charge on any atom is -0.376 e. The molecule has 0 fully saturated rings. The van der Waals surface area contributed by atoms with E-state index in [0.717, 1.165) is 4.47 Å². The summed E-state index contributed by atoms with van der Waals surface area (Å²) in [6.45, 7) is 0. The molecule has 1 aromatic rings. The Labute approximate surface area is 78.8 Å². The number of aliphatic hydroxyl groups excluding tert-OH is 1. The third kappa shape index (κ3) is 1.84. The lowest BCUT2D eigenvalue weighted by Gasteiger charge is -2.06. The normalized spacial score (nSPS) is 12.5. The van der Waals surface area contributed by atoms with E-state index in [9.17, 15) is 5.11 Å². The molecule has 3 nitrogen and oxygen atoms in total. The van der Waals surface area contributed by atoms with E-state index in [-0.39, 0.29) is 5.84 Å². The smallest absolute Gasteiger partial charge is 0.272 e. The predicted octanol–water partition coefficient (Wildman–Crippen LogP) is -0.401. The molecule has 5 N–H and O–H groups in total. The zero-order chi connectivity index (χ0) is 9.14.